The number of furan rings is 1. The third-order valence-corrected chi connectivity index (χ3v) is 6.38. The summed E-state index contributed by atoms with van der Waals surface area (Å²) < 4.78 is 20.2. The van der Waals surface area contributed by atoms with Crippen molar-refractivity contribution in [2.75, 3.05) is 31.1 Å². The number of aromatic nitrogens is 1. The quantitative estimate of drug-likeness (QED) is 0.560. The standard InChI is InChI=1S/C26H29FN4O4/c1-3-18(2)31-16-22(25(33)28-15-21-5-4-14-35-21)24(32)23(17-31)26(34)30-12-10-29(11-13-30)20-8-6-19(27)7-9-20/h4-9,14,16-18H,3,10-13,15H2,1-2H3,(H,28,33). The molecule has 0 radical (unpaired) electrons. The normalized spacial score (nSPS) is 14.6. The van der Waals surface area contributed by atoms with E-state index in [0.717, 1.165) is 12.1 Å². The molecule has 1 aliphatic heterocycles. The zero-order valence-electron chi connectivity index (χ0n) is 19.9. The van der Waals surface area contributed by atoms with Crippen LogP contribution in [0.1, 0.15) is 52.8 Å². The molecule has 35 heavy (non-hydrogen) atoms. The van der Waals surface area contributed by atoms with Crippen molar-refractivity contribution in [2.24, 2.45) is 0 Å². The van der Waals surface area contributed by atoms with Crippen LogP contribution in [0.2, 0.25) is 0 Å². The van der Waals surface area contributed by atoms with E-state index in [0.29, 0.717) is 31.9 Å². The zero-order chi connectivity index (χ0) is 24.9. The fourth-order valence-corrected chi connectivity index (χ4v) is 4.04. The van der Waals surface area contributed by atoms with E-state index in [1.165, 1.54) is 24.6 Å². The van der Waals surface area contributed by atoms with Crippen LogP contribution in [0.3, 0.4) is 0 Å². The molecule has 1 aliphatic rings. The summed E-state index contributed by atoms with van der Waals surface area (Å²) in [6, 6.07) is 9.68. The van der Waals surface area contributed by atoms with Crippen molar-refractivity contribution in [1.29, 1.82) is 0 Å². The molecule has 4 rings (SSSR count). The number of nitrogens with zero attached hydrogens (tertiary/aromatic N) is 3. The van der Waals surface area contributed by atoms with Crippen molar-refractivity contribution >= 4 is 17.5 Å². The Morgan fingerprint density at radius 2 is 1.74 bits per heavy atom. The number of amides is 2. The van der Waals surface area contributed by atoms with Crippen LogP contribution in [0.4, 0.5) is 10.1 Å². The van der Waals surface area contributed by atoms with Gasteiger partial charge in [-0.05, 0) is 49.7 Å². The van der Waals surface area contributed by atoms with Gasteiger partial charge in [0.05, 0.1) is 12.8 Å². The predicted molar refractivity (Wildman–Crippen MR) is 130 cm³/mol. The summed E-state index contributed by atoms with van der Waals surface area (Å²) in [6.45, 7) is 6.03. The van der Waals surface area contributed by atoms with Gasteiger partial charge in [0.1, 0.15) is 22.7 Å². The number of nitrogens with one attached hydrogen (secondary N) is 1. The third kappa shape index (κ3) is 5.45. The lowest BCUT2D eigenvalue weighted by molar-refractivity contribution is 0.0744. The van der Waals surface area contributed by atoms with Gasteiger partial charge in [-0.3, -0.25) is 14.4 Å². The van der Waals surface area contributed by atoms with E-state index in [-0.39, 0.29) is 29.5 Å². The van der Waals surface area contributed by atoms with Crippen LogP contribution in [0, 0.1) is 5.82 Å². The summed E-state index contributed by atoms with van der Waals surface area (Å²) in [5.41, 5.74) is 0.194. The Morgan fingerprint density at radius 3 is 2.37 bits per heavy atom. The molecular weight excluding hydrogens is 451 g/mol. The third-order valence-electron chi connectivity index (χ3n) is 6.38. The minimum atomic E-state index is -0.590. The van der Waals surface area contributed by atoms with Gasteiger partial charge >= 0.3 is 0 Å². The molecule has 1 saturated heterocycles. The van der Waals surface area contributed by atoms with Gasteiger partial charge in [-0.15, -0.1) is 0 Å². The van der Waals surface area contributed by atoms with E-state index in [9.17, 15) is 18.8 Å². The van der Waals surface area contributed by atoms with Crippen LogP contribution >= 0.6 is 0 Å². The second-order valence-corrected chi connectivity index (χ2v) is 8.64. The van der Waals surface area contributed by atoms with Crippen molar-refractivity contribution in [2.45, 2.75) is 32.9 Å². The highest BCUT2D eigenvalue weighted by Gasteiger charge is 2.27. The summed E-state index contributed by atoms with van der Waals surface area (Å²) in [7, 11) is 0. The van der Waals surface area contributed by atoms with E-state index in [2.05, 4.69) is 10.2 Å². The Bertz CT molecular complexity index is 1230. The molecule has 3 heterocycles. The number of halogens is 1. The summed E-state index contributed by atoms with van der Waals surface area (Å²) in [6.07, 6.45) is 5.33. The number of rotatable bonds is 7. The average Bonchev–Trinajstić information content (AvgIpc) is 3.41. The average molecular weight is 481 g/mol. The summed E-state index contributed by atoms with van der Waals surface area (Å²) >= 11 is 0. The Hall–Kier alpha value is -3.88. The van der Waals surface area contributed by atoms with E-state index in [1.54, 1.807) is 39.9 Å². The molecule has 1 atom stereocenters. The number of anilines is 1. The van der Waals surface area contributed by atoms with Crippen LogP contribution in [0.15, 0.2) is 64.3 Å². The fraction of sp³-hybridized carbons (Fsp3) is 0.346. The van der Waals surface area contributed by atoms with E-state index < -0.39 is 17.2 Å². The first kappa shape index (κ1) is 24.3. The van der Waals surface area contributed by atoms with Gasteiger partial charge in [0, 0.05) is 50.3 Å². The summed E-state index contributed by atoms with van der Waals surface area (Å²) in [5.74, 6) is -0.689. The number of hydrogen-bond acceptors (Lipinski definition) is 5. The molecule has 2 amide bonds. The number of piperazine rings is 1. The van der Waals surface area contributed by atoms with Crippen molar-refractivity contribution in [3.05, 3.63) is 88.0 Å². The predicted octanol–water partition coefficient (Wildman–Crippen LogP) is 3.44. The summed E-state index contributed by atoms with van der Waals surface area (Å²) in [4.78, 5) is 43.2. The highest BCUT2D eigenvalue weighted by molar-refractivity contribution is 5.99. The van der Waals surface area contributed by atoms with Crippen LogP contribution < -0.4 is 15.6 Å². The molecule has 8 nitrogen and oxygen atoms in total. The molecule has 0 aliphatic carbocycles. The molecule has 1 unspecified atom stereocenters. The molecule has 0 saturated carbocycles. The SMILES string of the molecule is CCC(C)n1cc(C(=O)NCc2ccco2)c(=O)c(C(=O)N2CCN(c3ccc(F)cc3)CC2)c1. The van der Waals surface area contributed by atoms with Crippen molar-refractivity contribution in [3.63, 3.8) is 0 Å². The molecule has 9 heteroatoms. The summed E-state index contributed by atoms with van der Waals surface area (Å²) in [5, 5.41) is 2.70. The fourth-order valence-electron chi connectivity index (χ4n) is 4.04. The van der Waals surface area contributed by atoms with Crippen molar-refractivity contribution < 1.29 is 18.4 Å². The number of carbonyl (C=O) groups excluding carboxylic acids is 2. The maximum atomic E-state index is 13.4. The first-order valence-corrected chi connectivity index (χ1v) is 11.7. The maximum Gasteiger partial charge on any atom is 0.259 e. The van der Waals surface area contributed by atoms with Gasteiger partial charge in [0.25, 0.3) is 11.8 Å². The van der Waals surface area contributed by atoms with Crippen LogP contribution in [-0.4, -0.2) is 47.5 Å². The Labute approximate surface area is 202 Å². The molecular formula is C26H29FN4O4. The number of hydrogen-bond donors (Lipinski definition) is 1. The molecule has 0 spiro atoms. The van der Waals surface area contributed by atoms with Gasteiger partial charge in [0.15, 0.2) is 0 Å². The van der Waals surface area contributed by atoms with Gasteiger partial charge < -0.3 is 24.1 Å². The molecule has 0 bridgehead atoms. The van der Waals surface area contributed by atoms with E-state index in [1.807, 2.05) is 13.8 Å². The number of pyridine rings is 1. The lowest BCUT2D eigenvalue weighted by Gasteiger charge is -2.36. The van der Waals surface area contributed by atoms with Crippen LogP contribution in [0.5, 0.6) is 0 Å². The minimum absolute atomic E-state index is 0.00547. The highest BCUT2D eigenvalue weighted by atomic mass is 19.1. The maximum absolute atomic E-state index is 13.4. The number of carbonyl (C=O) groups is 2. The molecule has 1 N–H and O–H groups in total. The smallest absolute Gasteiger partial charge is 0.259 e. The lowest BCUT2D eigenvalue weighted by Crippen LogP contribution is -2.50. The van der Waals surface area contributed by atoms with Gasteiger partial charge in [0.2, 0.25) is 5.43 Å². The van der Waals surface area contributed by atoms with Gasteiger partial charge in [-0.25, -0.2) is 4.39 Å². The van der Waals surface area contributed by atoms with E-state index in [4.69, 9.17) is 4.42 Å². The minimum Gasteiger partial charge on any atom is -0.467 e. The molecule has 3 aromatic rings. The second-order valence-electron chi connectivity index (χ2n) is 8.64. The van der Waals surface area contributed by atoms with Crippen LogP contribution in [0.25, 0.3) is 0 Å². The van der Waals surface area contributed by atoms with Crippen LogP contribution in [-0.2, 0) is 6.54 Å². The van der Waals surface area contributed by atoms with Crippen molar-refractivity contribution in [1.82, 2.24) is 14.8 Å². The van der Waals surface area contributed by atoms with Gasteiger partial charge in [-0.1, -0.05) is 6.92 Å². The highest BCUT2D eigenvalue weighted by Crippen LogP contribution is 2.18. The number of benzene rings is 1. The first-order valence-electron chi connectivity index (χ1n) is 11.7. The molecule has 1 fully saturated rings. The zero-order valence-corrected chi connectivity index (χ0v) is 19.9. The lowest BCUT2D eigenvalue weighted by atomic mass is 10.1. The largest absolute Gasteiger partial charge is 0.467 e. The molecule has 2 aromatic heterocycles. The Balaban J connectivity index is 1.54. The van der Waals surface area contributed by atoms with Crippen molar-refractivity contribution in [3.8, 4) is 0 Å². The Kier molecular flexibility index (Phi) is 7.33. The topological polar surface area (TPSA) is 87.8 Å². The monoisotopic (exact) mass is 480 g/mol. The molecule has 1 aromatic carbocycles. The van der Waals surface area contributed by atoms with Gasteiger partial charge in [-0.2, -0.15) is 0 Å². The van der Waals surface area contributed by atoms with E-state index >= 15 is 0 Å². The first-order chi connectivity index (χ1) is 16.9. The Morgan fingerprint density at radius 1 is 1.06 bits per heavy atom. The second kappa shape index (κ2) is 10.6. The molecule has 184 valence electrons.